The summed E-state index contributed by atoms with van der Waals surface area (Å²) in [6, 6.07) is 88.2. The van der Waals surface area contributed by atoms with Crippen LogP contribution in [0.3, 0.4) is 0 Å². The maximum Gasteiger partial charge on any atom is 0.0619 e. The Morgan fingerprint density at radius 3 is 1.31 bits per heavy atom. The summed E-state index contributed by atoms with van der Waals surface area (Å²) in [5.41, 5.74) is 15.8. The highest BCUT2D eigenvalue weighted by atomic mass is 15.2. The van der Waals surface area contributed by atoms with E-state index >= 15 is 0 Å². The molecular weight excluding hydrogens is 777 g/mol. The van der Waals surface area contributed by atoms with Gasteiger partial charge in [0.2, 0.25) is 0 Å². The van der Waals surface area contributed by atoms with E-state index in [2.05, 4.69) is 261 Å². The highest BCUT2D eigenvalue weighted by molar-refractivity contribution is 6.31. The Balaban J connectivity index is 1.14. The largest absolute Gasteiger partial charge is 0.310 e. The molecule has 64 heavy (non-hydrogen) atoms. The van der Waals surface area contributed by atoms with Crippen molar-refractivity contribution in [1.82, 2.24) is 8.97 Å². The fourth-order valence-corrected chi connectivity index (χ4v) is 10.3. The number of hydrogen-bond acceptors (Lipinski definition) is 2. The number of aromatic nitrogens is 2. The molecule has 4 nitrogen and oxygen atoms in total. The van der Waals surface area contributed by atoms with Gasteiger partial charge >= 0.3 is 0 Å². The molecule has 3 heterocycles. The minimum Gasteiger partial charge on any atom is -0.310 e. The van der Waals surface area contributed by atoms with Crippen LogP contribution in [0.15, 0.2) is 243 Å². The lowest BCUT2D eigenvalue weighted by molar-refractivity contribution is 1.16. The minimum absolute atomic E-state index is 1.04. The molecule has 3 aromatic heterocycles. The molecule has 10 aromatic carbocycles. The summed E-state index contributed by atoms with van der Waals surface area (Å²) in [6.45, 7) is 0. The van der Waals surface area contributed by atoms with Gasteiger partial charge in [-0.3, -0.25) is 0 Å². The molecule has 4 heteroatoms. The smallest absolute Gasteiger partial charge is 0.0619 e. The third-order valence-electron chi connectivity index (χ3n) is 13.0. The number of fused-ring (bicyclic) bond motifs is 5. The maximum atomic E-state index is 2.51. The van der Waals surface area contributed by atoms with E-state index in [0.717, 1.165) is 45.3 Å². The number of benzene rings is 10. The fourth-order valence-electron chi connectivity index (χ4n) is 10.3. The average molecular weight is 817 g/mol. The molecule has 0 aliphatic heterocycles. The van der Waals surface area contributed by atoms with E-state index in [9.17, 15) is 0 Å². The second-order valence-electron chi connectivity index (χ2n) is 16.6. The van der Waals surface area contributed by atoms with Crippen molar-refractivity contribution in [2.24, 2.45) is 0 Å². The molecule has 0 spiro atoms. The molecule has 0 bridgehead atoms. The van der Waals surface area contributed by atoms with Crippen molar-refractivity contribution in [1.29, 1.82) is 0 Å². The van der Waals surface area contributed by atoms with E-state index in [-0.39, 0.29) is 0 Å². The van der Waals surface area contributed by atoms with E-state index < -0.39 is 0 Å². The predicted octanol–water partition coefficient (Wildman–Crippen LogP) is 16.5. The second-order valence-corrected chi connectivity index (χ2v) is 16.6. The van der Waals surface area contributed by atoms with Crippen molar-refractivity contribution in [3.8, 4) is 16.8 Å². The van der Waals surface area contributed by atoms with Gasteiger partial charge in [-0.2, -0.15) is 0 Å². The van der Waals surface area contributed by atoms with Gasteiger partial charge in [0.05, 0.1) is 44.6 Å². The Morgan fingerprint density at radius 1 is 0.266 bits per heavy atom. The molecule has 0 saturated carbocycles. The van der Waals surface area contributed by atoms with Gasteiger partial charge in [-0.25, -0.2) is 0 Å². The van der Waals surface area contributed by atoms with Gasteiger partial charge < -0.3 is 18.8 Å². The van der Waals surface area contributed by atoms with Gasteiger partial charge in [0, 0.05) is 49.7 Å². The van der Waals surface area contributed by atoms with Crippen molar-refractivity contribution in [3.05, 3.63) is 243 Å². The Morgan fingerprint density at radius 2 is 0.688 bits per heavy atom. The highest BCUT2D eigenvalue weighted by Gasteiger charge is 2.24. The van der Waals surface area contributed by atoms with Crippen LogP contribution in [0.5, 0.6) is 0 Å². The second kappa shape index (κ2) is 14.5. The van der Waals surface area contributed by atoms with Crippen LogP contribution in [0.4, 0.5) is 34.1 Å². The zero-order valence-electron chi connectivity index (χ0n) is 34.9. The van der Waals surface area contributed by atoms with Gasteiger partial charge in [-0.1, -0.05) is 152 Å². The minimum atomic E-state index is 1.04. The van der Waals surface area contributed by atoms with Gasteiger partial charge in [0.1, 0.15) is 0 Å². The number of para-hydroxylation sites is 5. The third-order valence-corrected chi connectivity index (χ3v) is 13.0. The summed E-state index contributed by atoms with van der Waals surface area (Å²) in [5, 5.41) is 7.55. The SMILES string of the molecule is c1ccc(-c2ccc(N(c3ccccc3)c3cc(N(c4ccccc4)c4ccccc4)cc(-n4c5cccc6c7cccc8c9ccccc9n(c9cccc4c9c65)c78)c3)cc2)cc1. The average Bonchev–Trinajstić information content (AvgIpc) is 3.85. The molecular formula is C60H40N4. The van der Waals surface area contributed by atoms with Crippen LogP contribution in [0.25, 0.3) is 76.7 Å². The molecule has 0 atom stereocenters. The summed E-state index contributed by atoms with van der Waals surface area (Å²) >= 11 is 0. The summed E-state index contributed by atoms with van der Waals surface area (Å²) in [6.07, 6.45) is 0. The van der Waals surface area contributed by atoms with Crippen molar-refractivity contribution in [2.75, 3.05) is 9.80 Å². The zero-order chi connectivity index (χ0) is 42.1. The Bertz CT molecular complexity index is 3780. The molecule has 0 fully saturated rings. The first-order valence-electron chi connectivity index (χ1n) is 21.9. The first kappa shape index (κ1) is 36.1. The van der Waals surface area contributed by atoms with Gasteiger partial charge in [-0.05, 0) is 108 Å². The monoisotopic (exact) mass is 816 g/mol. The molecule has 0 saturated heterocycles. The fraction of sp³-hybridized carbons (Fsp3) is 0. The standard InChI is InChI=1S/C60H40N4/c1-5-18-41(19-6-1)42-34-36-46(37-35-42)62(45-24-11-4-12-25-45)48-38-47(61(43-20-7-2-8-21-43)44-22-9-3-10-23-44)39-49(40-48)63-55-31-16-27-51-53-29-15-28-52-50-26-13-14-30-54(50)64(60(52)53)57-33-17-32-56(63)59(57)58(51)55/h1-40H. The van der Waals surface area contributed by atoms with E-state index in [1.165, 1.54) is 65.5 Å². The van der Waals surface area contributed by atoms with E-state index in [0.29, 0.717) is 0 Å². The third kappa shape index (κ3) is 5.56. The molecule has 13 aromatic rings. The van der Waals surface area contributed by atoms with Crippen molar-refractivity contribution < 1.29 is 0 Å². The first-order valence-corrected chi connectivity index (χ1v) is 21.9. The summed E-state index contributed by atoms with van der Waals surface area (Å²) < 4.78 is 5.01. The molecule has 0 N–H and O–H groups in total. The van der Waals surface area contributed by atoms with Gasteiger partial charge in [0.25, 0.3) is 0 Å². The summed E-state index contributed by atoms with van der Waals surface area (Å²) in [4.78, 5) is 4.77. The normalized spacial score (nSPS) is 11.8. The molecule has 13 rings (SSSR count). The molecule has 300 valence electrons. The lowest BCUT2D eigenvalue weighted by Crippen LogP contribution is -2.14. The van der Waals surface area contributed by atoms with E-state index in [1.54, 1.807) is 0 Å². The van der Waals surface area contributed by atoms with Crippen molar-refractivity contribution >= 4 is 94.0 Å². The van der Waals surface area contributed by atoms with Crippen LogP contribution in [0.1, 0.15) is 0 Å². The number of nitrogens with zero attached hydrogens (tertiary/aromatic N) is 4. The molecule has 0 amide bonds. The van der Waals surface area contributed by atoms with Gasteiger partial charge in [0.15, 0.2) is 0 Å². The lowest BCUT2D eigenvalue weighted by atomic mass is 10.0. The first-order chi connectivity index (χ1) is 31.8. The summed E-state index contributed by atoms with van der Waals surface area (Å²) in [5.74, 6) is 0. The molecule has 0 radical (unpaired) electrons. The van der Waals surface area contributed by atoms with E-state index in [4.69, 9.17) is 0 Å². The quantitative estimate of drug-likeness (QED) is 0.152. The number of anilines is 6. The Labute approximate surface area is 370 Å². The molecule has 0 aliphatic rings. The lowest BCUT2D eigenvalue weighted by Gasteiger charge is -2.30. The maximum absolute atomic E-state index is 2.51. The summed E-state index contributed by atoms with van der Waals surface area (Å²) in [7, 11) is 0. The van der Waals surface area contributed by atoms with Crippen molar-refractivity contribution in [3.63, 3.8) is 0 Å². The van der Waals surface area contributed by atoms with Crippen LogP contribution >= 0.6 is 0 Å². The van der Waals surface area contributed by atoms with Crippen molar-refractivity contribution in [2.45, 2.75) is 0 Å². The van der Waals surface area contributed by atoms with Crippen LogP contribution in [0, 0.1) is 0 Å². The Kier molecular flexibility index (Phi) is 8.18. The zero-order valence-corrected chi connectivity index (χ0v) is 34.9. The van der Waals surface area contributed by atoms with Crippen LogP contribution in [-0.2, 0) is 0 Å². The Hall–Kier alpha value is -8.60. The van der Waals surface area contributed by atoms with Crippen LogP contribution in [-0.4, -0.2) is 8.97 Å². The number of rotatable bonds is 8. The topological polar surface area (TPSA) is 15.8 Å². The predicted molar refractivity (Wildman–Crippen MR) is 270 cm³/mol. The highest BCUT2D eigenvalue weighted by Crippen LogP contribution is 2.47. The van der Waals surface area contributed by atoms with Crippen LogP contribution < -0.4 is 9.80 Å². The number of hydrogen-bond donors (Lipinski definition) is 0. The van der Waals surface area contributed by atoms with Gasteiger partial charge in [-0.15, -0.1) is 0 Å². The van der Waals surface area contributed by atoms with E-state index in [1.807, 2.05) is 0 Å². The molecule has 0 aliphatic carbocycles. The van der Waals surface area contributed by atoms with Crippen LogP contribution in [0.2, 0.25) is 0 Å². The molecule has 0 unspecified atom stereocenters.